The zero-order valence-electron chi connectivity index (χ0n) is 24.0. The van der Waals surface area contributed by atoms with Gasteiger partial charge in [-0.1, -0.05) is 103 Å². The molecule has 0 aliphatic carbocycles. The second-order valence-electron chi connectivity index (χ2n) is 11.1. The van der Waals surface area contributed by atoms with Crippen LogP contribution in [0.4, 0.5) is 17.1 Å². The lowest BCUT2D eigenvalue weighted by Crippen LogP contribution is -2.09. The van der Waals surface area contributed by atoms with Gasteiger partial charge < -0.3 is 9.47 Å². The van der Waals surface area contributed by atoms with Gasteiger partial charge in [-0.2, -0.15) is 0 Å². The number of aromatic nitrogens is 1. The van der Waals surface area contributed by atoms with E-state index in [0.717, 1.165) is 17.1 Å². The molecule has 0 aliphatic rings. The quantitative estimate of drug-likeness (QED) is 0.207. The van der Waals surface area contributed by atoms with Crippen LogP contribution in [0.25, 0.3) is 54.8 Å². The van der Waals surface area contributed by atoms with Crippen molar-refractivity contribution in [1.29, 1.82) is 0 Å². The molecule has 0 saturated heterocycles. The Bertz CT molecular complexity index is 2170. The van der Waals surface area contributed by atoms with E-state index in [2.05, 4.69) is 180 Å². The fourth-order valence-electron chi connectivity index (χ4n) is 6.33. The first-order valence-corrected chi connectivity index (χ1v) is 14.7. The van der Waals surface area contributed by atoms with Crippen molar-refractivity contribution in [2.45, 2.75) is 0 Å². The van der Waals surface area contributed by atoms with Gasteiger partial charge in [0.25, 0.3) is 0 Å². The molecule has 0 bridgehead atoms. The fourth-order valence-corrected chi connectivity index (χ4v) is 6.33. The summed E-state index contributed by atoms with van der Waals surface area (Å²) in [7, 11) is 2.16. The summed E-state index contributed by atoms with van der Waals surface area (Å²) in [6, 6.07) is 59.0. The number of hydrogen-bond acceptors (Lipinski definition) is 1. The van der Waals surface area contributed by atoms with Crippen LogP contribution in [-0.4, -0.2) is 4.57 Å². The van der Waals surface area contributed by atoms with E-state index in [1.54, 1.807) is 0 Å². The molecule has 0 amide bonds. The molecule has 0 unspecified atom stereocenters. The third-order valence-corrected chi connectivity index (χ3v) is 8.58. The van der Waals surface area contributed by atoms with Crippen molar-refractivity contribution in [2.75, 3.05) is 4.90 Å². The zero-order chi connectivity index (χ0) is 28.8. The van der Waals surface area contributed by atoms with Gasteiger partial charge in [-0.3, -0.25) is 0 Å². The Kier molecular flexibility index (Phi) is 6.05. The Hall–Kier alpha value is -5.60. The lowest BCUT2D eigenvalue weighted by Gasteiger charge is -2.25. The second-order valence-corrected chi connectivity index (χ2v) is 11.1. The van der Waals surface area contributed by atoms with Crippen molar-refractivity contribution in [1.82, 2.24) is 4.57 Å². The fraction of sp³-hybridized carbons (Fsp3) is 0.0244. The molecule has 0 spiro atoms. The molecular formula is C41H30N2. The predicted octanol–water partition coefficient (Wildman–Crippen LogP) is 11.3. The number of para-hydroxylation sites is 2. The first-order chi connectivity index (χ1) is 21.2. The van der Waals surface area contributed by atoms with Crippen molar-refractivity contribution < 1.29 is 0 Å². The van der Waals surface area contributed by atoms with Crippen LogP contribution in [0.5, 0.6) is 0 Å². The normalized spacial score (nSPS) is 11.4. The van der Waals surface area contributed by atoms with Crippen LogP contribution in [-0.2, 0) is 7.05 Å². The highest BCUT2D eigenvalue weighted by Crippen LogP contribution is 2.37. The van der Waals surface area contributed by atoms with Crippen LogP contribution < -0.4 is 4.90 Å². The van der Waals surface area contributed by atoms with E-state index in [1.807, 2.05) is 0 Å². The maximum atomic E-state index is 2.35. The Morgan fingerprint density at radius 2 is 0.814 bits per heavy atom. The van der Waals surface area contributed by atoms with Gasteiger partial charge in [-0.25, -0.2) is 0 Å². The van der Waals surface area contributed by atoms with Crippen molar-refractivity contribution in [3.05, 3.63) is 164 Å². The molecule has 0 saturated carbocycles. The van der Waals surface area contributed by atoms with E-state index in [-0.39, 0.29) is 0 Å². The summed E-state index contributed by atoms with van der Waals surface area (Å²) >= 11 is 0. The van der Waals surface area contributed by atoms with Gasteiger partial charge in [-0.05, 0) is 93.7 Å². The molecule has 2 nitrogen and oxygen atoms in total. The number of benzene rings is 7. The van der Waals surface area contributed by atoms with E-state index >= 15 is 0 Å². The van der Waals surface area contributed by atoms with Gasteiger partial charge in [-0.15, -0.1) is 0 Å². The average molecular weight is 551 g/mol. The number of rotatable bonds is 5. The summed E-state index contributed by atoms with van der Waals surface area (Å²) in [4.78, 5) is 2.29. The van der Waals surface area contributed by atoms with Crippen LogP contribution in [0.1, 0.15) is 0 Å². The topological polar surface area (TPSA) is 8.17 Å². The monoisotopic (exact) mass is 550 g/mol. The number of anilines is 3. The van der Waals surface area contributed by atoms with Crippen molar-refractivity contribution in [3.8, 4) is 22.3 Å². The van der Waals surface area contributed by atoms with E-state index in [9.17, 15) is 0 Å². The van der Waals surface area contributed by atoms with Gasteiger partial charge >= 0.3 is 0 Å². The summed E-state index contributed by atoms with van der Waals surface area (Å²) in [5.74, 6) is 0. The minimum atomic E-state index is 1.13. The number of aryl methyl sites for hydroxylation is 1. The summed E-state index contributed by atoms with van der Waals surface area (Å²) in [6.45, 7) is 0. The van der Waals surface area contributed by atoms with Crippen LogP contribution in [0, 0.1) is 0 Å². The molecule has 204 valence electrons. The zero-order valence-corrected chi connectivity index (χ0v) is 24.0. The minimum absolute atomic E-state index is 1.13. The molecular weight excluding hydrogens is 520 g/mol. The summed E-state index contributed by atoms with van der Waals surface area (Å²) in [5.41, 5.74) is 10.8. The lowest BCUT2D eigenvalue weighted by atomic mass is 9.98. The minimum Gasteiger partial charge on any atom is -0.344 e. The van der Waals surface area contributed by atoms with Crippen molar-refractivity contribution in [2.24, 2.45) is 7.05 Å². The largest absolute Gasteiger partial charge is 0.344 e. The molecule has 2 heteroatoms. The van der Waals surface area contributed by atoms with Crippen molar-refractivity contribution >= 4 is 49.6 Å². The smallest absolute Gasteiger partial charge is 0.0495 e. The van der Waals surface area contributed by atoms with E-state index < -0.39 is 0 Å². The highest BCUT2D eigenvalue weighted by atomic mass is 15.1. The molecule has 0 fully saturated rings. The predicted molar refractivity (Wildman–Crippen MR) is 183 cm³/mol. The highest BCUT2D eigenvalue weighted by Gasteiger charge is 2.13. The Morgan fingerprint density at radius 3 is 1.42 bits per heavy atom. The molecule has 8 aromatic rings. The summed E-state index contributed by atoms with van der Waals surface area (Å²) in [6.07, 6.45) is 0. The molecule has 0 aliphatic heterocycles. The molecule has 1 aromatic heterocycles. The molecule has 0 radical (unpaired) electrons. The molecule has 7 aromatic carbocycles. The first-order valence-electron chi connectivity index (χ1n) is 14.7. The number of hydrogen-bond donors (Lipinski definition) is 0. The van der Waals surface area contributed by atoms with Crippen LogP contribution >= 0.6 is 0 Å². The lowest BCUT2D eigenvalue weighted by molar-refractivity contribution is 1.02. The van der Waals surface area contributed by atoms with E-state index in [1.165, 1.54) is 54.8 Å². The van der Waals surface area contributed by atoms with Gasteiger partial charge in [0.05, 0.1) is 0 Å². The second kappa shape index (κ2) is 10.3. The maximum Gasteiger partial charge on any atom is 0.0495 e. The van der Waals surface area contributed by atoms with Crippen LogP contribution in [0.15, 0.2) is 164 Å². The molecule has 0 atom stereocenters. The number of nitrogens with zero attached hydrogens (tertiary/aromatic N) is 2. The van der Waals surface area contributed by atoms with Gasteiger partial charge in [0.1, 0.15) is 0 Å². The number of fused-ring (bicyclic) bond motifs is 4. The van der Waals surface area contributed by atoms with Crippen LogP contribution in [0.3, 0.4) is 0 Å². The SMILES string of the molecule is Cn1c2ccc(-c3ccc(-c4ccc(N(c5ccccc5)c5ccccc5)cc4)cc3)cc2c2cc3ccccc3cc21. The maximum absolute atomic E-state index is 2.35. The van der Waals surface area contributed by atoms with Gasteiger partial charge in [0, 0.05) is 45.9 Å². The first kappa shape index (κ1) is 25.1. The average Bonchev–Trinajstić information content (AvgIpc) is 3.35. The van der Waals surface area contributed by atoms with Crippen LogP contribution in [0.2, 0.25) is 0 Å². The third-order valence-electron chi connectivity index (χ3n) is 8.58. The Morgan fingerprint density at radius 1 is 0.372 bits per heavy atom. The highest BCUT2D eigenvalue weighted by molar-refractivity contribution is 6.13. The standard InChI is InChI=1S/C41H30N2/c1-42-40-25-22-34(27-38(40)39-26-32-10-8-9-11-33(32)28-41(39)42)31-18-16-29(17-19-31)30-20-23-37(24-21-30)43(35-12-4-2-5-13-35)36-14-6-3-7-15-36/h2-28H,1H3. The molecule has 1 heterocycles. The van der Waals surface area contributed by atoms with E-state index in [4.69, 9.17) is 0 Å². The van der Waals surface area contributed by atoms with Gasteiger partial charge in [0.15, 0.2) is 0 Å². The third kappa shape index (κ3) is 4.45. The van der Waals surface area contributed by atoms with Gasteiger partial charge in [0.2, 0.25) is 0 Å². The molecule has 43 heavy (non-hydrogen) atoms. The molecule has 8 rings (SSSR count). The summed E-state index contributed by atoms with van der Waals surface area (Å²) in [5, 5.41) is 5.15. The van der Waals surface area contributed by atoms with Crippen molar-refractivity contribution in [3.63, 3.8) is 0 Å². The summed E-state index contributed by atoms with van der Waals surface area (Å²) < 4.78 is 2.31. The van der Waals surface area contributed by atoms with E-state index in [0.29, 0.717) is 0 Å². The molecule has 0 N–H and O–H groups in total. The Balaban J connectivity index is 1.12. The Labute approximate surface area is 251 Å².